The van der Waals surface area contributed by atoms with Crippen LogP contribution in [-0.2, 0) is 9.53 Å². The molecule has 5 nitrogen and oxygen atoms in total. The van der Waals surface area contributed by atoms with Crippen LogP contribution in [0, 0.1) is 5.92 Å². The van der Waals surface area contributed by atoms with E-state index in [9.17, 15) is 4.79 Å². The number of rotatable bonds is 5. The Morgan fingerprint density at radius 3 is 2.70 bits per heavy atom. The van der Waals surface area contributed by atoms with Crippen molar-refractivity contribution in [1.82, 2.24) is 15.1 Å². The molecule has 20 heavy (non-hydrogen) atoms. The lowest BCUT2D eigenvalue weighted by Crippen LogP contribution is -2.52. The molecule has 2 heterocycles. The molecule has 0 spiro atoms. The standard InChI is InChI=1S/C15H29N3O2/c1-3-20-11-10-17-6-8-18(9-7-17)15(19)14-4-5-16-13(2)12-14/h13-14,16H,3-12H2,1-2H3/t13-,14-/m0/s1. The Morgan fingerprint density at radius 2 is 2.05 bits per heavy atom. The van der Waals surface area contributed by atoms with Gasteiger partial charge in [-0.2, -0.15) is 0 Å². The van der Waals surface area contributed by atoms with E-state index in [0.717, 1.165) is 65.3 Å². The summed E-state index contributed by atoms with van der Waals surface area (Å²) in [4.78, 5) is 17.0. The van der Waals surface area contributed by atoms with Crippen molar-refractivity contribution in [1.29, 1.82) is 0 Å². The predicted octanol–water partition coefficient (Wildman–Crippen LogP) is 0.555. The summed E-state index contributed by atoms with van der Waals surface area (Å²) in [6, 6.07) is 0.477. The largest absolute Gasteiger partial charge is 0.380 e. The number of nitrogens with one attached hydrogen (secondary N) is 1. The summed E-state index contributed by atoms with van der Waals surface area (Å²) < 4.78 is 5.39. The highest BCUT2D eigenvalue weighted by molar-refractivity contribution is 5.79. The van der Waals surface area contributed by atoms with Crippen LogP contribution in [0.1, 0.15) is 26.7 Å². The number of hydrogen-bond donors (Lipinski definition) is 1. The van der Waals surface area contributed by atoms with Crippen molar-refractivity contribution in [3.63, 3.8) is 0 Å². The van der Waals surface area contributed by atoms with Crippen LogP contribution >= 0.6 is 0 Å². The Hall–Kier alpha value is -0.650. The fraction of sp³-hybridized carbons (Fsp3) is 0.933. The van der Waals surface area contributed by atoms with Gasteiger partial charge in [0.15, 0.2) is 0 Å². The van der Waals surface area contributed by atoms with Crippen LogP contribution in [0.15, 0.2) is 0 Å². The van der Waals surface area contributed by atoms with Crippen LogP contribution in [0.25, 0.3) is 0 Å². The van der Waals surface area contributed by atoms with Gasteiger partial charge in [-0.05, 0) is 33.2 Å². The first-order chi connectivity index (χ1) is 9.70. The molecule has 0 aromatic heterocycles. The number of piperidine rings is 1. The summed E-state index contributed by atoms with van der Waals surface area (Å²) in [7, 11) is 0. The van der Waals surface area contributed by atoms with Gasteiger partial charge in [0, 0.05) is 51.3 Å². The van der Waals surface area contributed by atoms with Gasteiger partial charge in [-0.15, -0.1) is 0 Å². The van der Waals surface area contributed by atoms with Gasteiger partial charge in [0.2, 0.25) is 5.91 Å². The van der Waals surface area contributed by atoms with Crippen molar-refractivity contribution in [2.75, 3.05) is 52.5 Å². The molecular formula is C15H29N3O2. The number of amides is 1. The fourth-order valence-electron chi connectivity index (χ4n) is 3.14. The van der Waals surface area contributed by atoms with Crippen LogP contribution in [-0.4, -0.2) is 74.2 Å². The molecule has 1 N–H and O–H groups in total. The van der Waals surface area contributed by atoms with E-state index >= 15 is 0 Å². The molecule has 0 bridgehead atoms. The number of carbonyl (C=O) groups is 1. The summed E-state index contributed by atoms with van der Waals surface area (Å²) in [5.41, 5.74) is 0. The summed E-state index contributed by atoms with van der Waals surface area (Å²) in [5, 5.41) is 3.41. The van der Waals surface area contributed by atoms with Gasteiger partial charge >= 0.3 is 0 Å². The molecule has 2 aliphatic heterocycles. The second-order valence-electron chi connectivity index (χ2n) is 5.94. The SMILES string of the molecule is CCOCCN1CCN(C(=O)[C@H]2CCN[C@@H](C)C2)CC1. The highest BCUT2D eigenvalue weighted by atomic mass is 16.5. The van der Waals surface area contributed by atoms with Crippen molar-refractivity contribution < 1.29 is 9.53 Å². The zero-order valence-electron chi connectivity index (χ0n) is 12.9. The zero-order valence-corrected chi connectivity index (χ0v) is 12.9. The summed E-state index contributed by atoms with van der Waals surface area (Å²) >= 11 is 0. The average Bonchev–Trinajstić information content (AvgIpc) is 2.47. The minimum Gasteiger partial charge on any atom is -0.380 e. The molecule has 0 aliphatic carbocycles. The van der Waals surface area contributed by atoms with Crippen LogP contribution in [0.5, 0.6) is 0 Å². The number of hydrogen-bond acceptors (Lipinski definition) is 4. The lowest BCUT2D eigenvalue weighted by atomic mass is 9.92. The van der Waals surface area contributed by atoms with Crippen LogP contribution in [0.4, 0.5) is 0 Å². The highest BCUT2D eigenvalue weighted by Crippen LogP contribution is 2.19. The Labute approximate surface area is 122 Å². The van der Waals surface area contributed by atoms with E-state index in [2.05, 4.69) is 22.0 Å². The first kappa shape index (κ1) is 15.7. The third kappa shape index (κ3) is 4.43. The van der Waals surface area contributed by atoms with E-state index in [4.69, 9.17) is 4.74 Å². The van der Waals surface area contributed by atoms with E-state index < -0.39 is 0 Å². The first-order valence-corrected chi connectivity index (χ1v) is 8.03. The molecule has 2 aliphatic rings. The Kier molecular flexibility index (Phi) is 6.26. The molecule has 116 valence electrons. The van der Waals surface area contributed by atoms with Crippen molar-refractivity contribution in [3.05, 3.63) is 0 Å². The van der Waals surface area contributed by atoms with E-state index in [1.807, 2.05) is 6.92 Å². The van der Waals surface area contributed by atoms with E-state index in [-0.39, 0.29) is 5.92 Å². The topological polar surface area (TPSA) is 44.8 Å². The van der Waals surface area contributed by atoms with Crippen LogP contribution < -0.4 is 5.32 Å². The molecular weight excluding hydrogens is 254 g/mol. The first-order valence-electron chi connectivity index (χ1n) is 8.03. The van der Waals surface area contributed by atoms with Crippen molar-refractivity contribution >= 4 is 5.91 Å². The minimum atomic E-state index is 0.237. The summed E-state index contributed by atoms with van der Waals surface area (Å²) in [6.07, 6.45) is 1.98. The third-order valence-corrected chi connectivity index (χ3v) is 4.41. The molecule has 2 fully saturated rings. The molecule has 1 amide bonds. The zero-order chi connectivity index (χ0) is 14.4. The van der Waals surface area contributed by atoms with E-state index in [0.29, 0.717) is 11.9 Å². The monoisotopic (exact) mass is 283 g/mol. The van der Waals surface area contributed by atoms with Crippen molar-refractivity contribution in [2.45, 2.75) is 32.7 Å². The van der Waals surface area contributed by atoms with Crippen molar-refractivity contribution in [3.8, 4) is 0 Å². The van der Waals surface area contributed by atoms with Gasteiger partial charge in [0.05, 0.1) is 6.61 Å². The highest BCUT2D eigenvalue weighted by Gasteiger charge is 2.30. The van der Waals surface area contributed by atoms with Crippen LogP contribution in [0.3, 0.4) is 0 Å². The molecule has 0 unspecified atom stereocenters. The van der Waals surface area contributed by atoms with Gasteiger partial charge in [-0.1, -0.05) is 0 Å². The molecule has 0 aromatic rings. The molecule has 0 saturated carbocycles. The molecule has 5 heteroatoms. The van der Waals surface area contributed by atoms with E-state index in [1.54, 1.807) is 0 Å². The van der Waals surface area contributed by atoms with E-state index in [1.165, 1.54) is 0 Å². The van der Waals surface area contributed by atoms with Crippen molar-refractivity contribution in [2.24, 2.45) is 5.92 Å². The number of ether oxygens (including phenoxy) is 1. The Balaban J connectivity index is 1.71. The quantitative estimate of drug-likeness (QED) is 0.749. The van der Waals surface area contributed by atoms with Gasteiger partial charge in [-0.25, -0.2) is 0 Å². The second kappa shape index (κ2) is 7.96. The fourth-order valence-corrected chi connectivity index (χ4v) is 3.14. The van der Waals surface area contributed by atoms with Gasteiger partial charge in [0.1, 0.15) is 0 Å². The second-order valence-corrected chi connectivity index (χ2v) is 5.94. The molecule has 0 radical (unpaired) electrons. The average molecular weight is 283 g/mol. The summed E-state index contributed by atoms with van der Waals surface area (Å²) in [6.45, 7) is 11.5. The van der Waals surface area contributed by atoms with Gasteiger partial charge in [0.25, 0.3) is 0 Å². The Morgan fingerprint density at radius 1 is 1.30 bits per heavy atom. The molecule has 2 saturated heterocycles. The maximum atomic E-state index is 12.5. The smallest absolute Gasteiger partial charge is 0.225 e. The maximum Gasteiger partial charge on any atom is 0.225 e. The van der Waals surface area contributed by atoms with Gasteiger partial charge in [-0.3, -0.25) is 9.69 Å². The Bertz CT molecular complexity index is 303. The number of piperazine rings is 1. The normalized spacial score (nSPS) is 28.6. The minimum absolute atomic E-state index is 0.237. The number of nitrogens with zero attached hydrogens (tertiary/aromatic N) is 2. The van der Waals surface area contributed by atoms with Crippen LogP contribution in [0.2, 0.25) is 0 Å². The predicted molar refractivity (Wildman–Crippen MR) is 79.7 cm³/mol. The molecule has 2 atom stereocenters. The maximum absolute atomic E-state index is 12.5. The molecule has 2 rings (SSSR count). The summed E-state index contributed by atoms with van der Waals surface area (Å²) in [5.74, 6) is 0.615. The van der Waals surface area contributed by atoms with Gasteiger partial charge < -0.3 is 15.0 Å². The third-order valence-electron chi connectivity index (χ3n) is 4.41. The lowest BCUT2D eigenvalue weighted by molar-refractivity contribution is -0.138. The lowest BCUT2D eigenvalue weighted by Gasteiger charge is -2.38. The number of carbonyl (C=O) groups excluding carboxylic acids is 1. The molecule has 0 aromatic carbocycles.